The maximum absolute atomic E-state index is 14.2. The molecule has 1 heterocycles. The largest absolute Gasteiger partial charge is 0.314 e. The summed E-state index contributed by atoms with van der Waals surface area (Å²) in [6, 6.07) is 3.73. The molecule has 1 atom stereocenters. The molecule has 8 heteroatoms. The molecule has 0 aromatic heterocycles. The molecule has 5 nitrogen and oxygen atoms in total. The van der Waals surface area contributed by atoms with Crippen LogP contribution < -0.4 is 5.32 Å². The third-order valence-electron chi connectivity index (χ3n) is 3.84. The number of hydrogen-bond donors (Lipinski definition) is 1. The van der Waals surface area contributed by atoms with Crippen LogP contribution in [-0.4, -0.2) is 36.0 Å². The molecule has 1 fully saturated rings. The molecule has 0 radical (unpaired) electrons. The van der Waals surface area contributed by atoms with E-state index in [1.807, 2.05) is 0 Å². The number of nitrogens with zero attached hydrogens (tertiary/aromatic N) is 2. The molecule has 0 saturated carbocycles. The van der Waals surface area contributed by atoms with Gasteiger partial charge in [0.1, 0.15) is 5.82 Å². The van der Waals surface area contributed by atoms with Gasteiger partial charge in [0.25, 0.3) is 5.69 Å². The van der Waals surface area contributed by atoms with Gasteiger partial charge in [0.05, 0.1) is 4.92 Å². The van der Waals surface area contributed by atoms with Crippen molar-refractivity contribution in [3.63, 3.8) is 0 Å². The molecule has 23 heavy (non-hydrogen) atoms. The molecule has 1 aromatic carbocycles. The van der Waals surface area contributed by atoms with Crippen LogP contribution in [0, 0.1) is 21.8 Å². The number of piperazine rings is 1. The van der Waals surface area contributed by atoms with Crippen LogP contribution in [0.15, 0.2) is 18.2 Å². The second kappa shape index (κ2) is 10.0. The van der Waals surface area contributed by atoms with Crippen LogP contribution in [0.5, 0.6) is 0 Å². The van der Waals surface area contributed by atoms with Gasteiger partial charge in [-0.1, -0.05) is 13.8 Å². The lowest BCUT2D eigenvalue weighted by Crippen LogP contribution is -2.45. The molecule has 2 rings (SSSR count). The van der Waals surface area contributed by atoms with E-state index in [-0.39, 0.29) is 42.4 Å². The summed E-state index contributed by atoms with van der Waals surface area (Å²) in [6.07, 6.45) is 0.790. The van der Waals surface area contributed by atoms with E-state index in [2.05, 4.69) is 24.1 Å². The minimum Gasteiger partial charge on any atom is -0.314 e. The van der Waals surface area contributed by atoms with Gasteiger partial charge in [-0.15, -0.1) is 24.8 Å². The second-order valence-electron chi connectivity index (χ2n) is 5.89. The highest BCUT2D eigenvalue weighted by molar-refractivity contribution is 5.85. The van der Waals surface area contributed by atoms with Crippen molar-refractivity contribution in [2.45, 2.75) is 26.3 Å². The fourth-order valence-corrected chi connectivity index (χ4v) is 2.81. The van der Waals surface area contributed by atoms with Crippen LogP contribution in [0.1, 0.15) is 31.9 Å². The quantitative estimate of drug-likeness (QED) is 0.638. The predicted molar refractivity (Wildman–Crippen MR) is 94.2 cm³/mol. The number of nitro benzene ring substituents is 1. The monoisotopic (exact) mass is 367 g/mol. The Labute approximate surface area is 148 Å². The summed E-state index contributed by atoms with van der Waals surface area (Å²) < 4.78 is 14.2. The highest BCUT2D eigenvalue weighted by Gasteiger charge is 2.27. The van der Waals surface area contributed by atoms with Crippen molar-refractivity contribution in [2.75, 3.05) is 26.2 Å². The highest BCUT2D eigenvalue weighted by Crippen LogP contribution is 2.32. The Bertz CT molecular complexity index is 511. The summed E-state index contributed by atoms with van der Waals surface area (Å²) in [5.41, 5.74) is 0.398. The first-order chi connectivity index (χ1) is 9.99. The molecule has 1 N–H and O–H groups in total. The van der Waals surface area contributed by atoms with Gasteiger partial charge in [-0.3, -0.25) is 15.0 Å². The van der Waals surface area contributed by atoms with Gasteiger partial charge < -0.3 is 5.32 Å². The standard InChI is InChI=1S/C15H22FN3O2.2ClH/c1-11(2)9-15(18-7-5-17-6-8-18)13-10-12(19(20)21)3-4-14(13)16;;/h3-4,10-11,15,17H,5-9H2,1-2H3;2*1H/t15-;;/m0../s1. The fraction of sp³-hybridized carbons (Fsp3) is 0.600. The molecule has 1 aromatic rings. The van der Waals surface area contributed by atoms with Crippen molar-refractivity contribution in [1.29, 1.82) is 0 Å². The second-order valence-corrected chi connectivity index (χ2v) is 5.89. The molecule has 0 spiro atoms. The molecule has 0 unspecified atom stereocenters. The molecule has 1 aliphatic heterocycles. The zero-order valence-electron chi connectivity index (χ0n) is 13.3. The van der Waals surface area contributed by atoms with Gasteiger partial charge in [-0.25, -0.2) is 4.39 Å². The van der Waals surface area contributed by atoms with Crippen molar-refractivity contribution in [3.8, 4) is 0 Å². The first-order valence-corrected chi connectivity index (χ1v) is 7.37. The van der Waals surface area contributed by atoms with Crippen LogP contribution in [0.3, 0.4) is 0 Å². The number of benzene rings is 1. The lowest BCUT2D eigenvalue weighted by molar-refractivity contribution is -0.385. The highest BCUT2D eigenvalue weighted by atomic mass is 35.5. The van der Waals surface area contributed by atoms with Gasteiger partial charge in [0.2, 0.25) is 0 Å². The third kappa shape index (κ3) is 5.88. The van der Waals surface area contributed by atoms with Crippen LogP contribution in [0.2, 0.25) is 0 Å². The minimum absolute atomic E-state index is 0. The van der Waals surface area contributed by atoms with E-state index < -0.39 is 4.92 Å². The van der Waals surface area contributed by atoms with E-state index >= 15 is 0 Å². The first-order valence-electron chi connectivity index (χ1n) is 7.37. The lowest BCUT2D eigenvalue weighted by Gasteiger charge is -2.36. The van der Waals surface area contributed by atoms with Gasteiger partial charge in [0.15, 0.2) is 0 Å². The Morgan fingerprint density at radius 2 is 1.91 bits per heavy atom. The number of nitrogens with one attached hydrogen (secondary N) is 1. The molecule has 132 valence electrons. The summed E-state index contributed by atoms with van der Waals surface area (Å²) >= 11 is 0. The molecular weight excluding hydrogens is 344 g/mol. The van der Waals surface area contributed by atoms with E-state index in [1.165, 1.54) is 18.2 Å². The summed E-state index contributed by atoms with van der Waals surface area (Å²) in [7, 11) is 0. The van der Waals surface area contributed by atoms with E-state index in [0.717, 1.165) is 32.6 Å². The van der Waals surface area contributed by atoms with Crippen molar-refractivity contribution in [2.24, 2.45) is 5.92 Å². The molecule has 1 saturated heterocycles. The Morgan fingerprint density at radius 1 is 1.30 bits per heavy atom. The zero-order chi connectivity index (χ0) is 15.4. The van der Waals surface area contributed by atoms with Crippen molar-refractivity contribution >= 4 is 30.5 Å². The number of hydrogen-bond acceptors (Lipinski definition) is 4. The van der Waals surface area contributed by atoms with Crippen LogP contribution in [0.4, 0.5) is 10.1 Å². The van der Waals surface area contributed by atoms with Crippen LogP contribution in [0.25, 0.3) is 0 Å². The topological polar surface area (TPSA) is 58.4 Å². The van der Waals surface area contributed by atoms with Gasteiger partial charge in [-0.05, 0) is 18.4 Å². The number of rotatable bonds is 5. The minimum atomic E-state index is -0.465. The smallest absolute Gasteiger partial charge is 0.269 e. The fourth-order valence-electron chi connectivity index (χ4n) is 2.81. The van der Waals surface area contributed by atoms with Gasteiger partial charge >= 0.3 is 0 Å². The summed E-state index contributed by atoms with van der Waals surface area (Å²) in [5, 5.41) is 14.2. The maximum atomic E-state index is 14.2. The third-order valence-corrected chi connectivity index (χ3v) is 3.84. The Balaban J connectivity index is 0.00000242. The predicted octanol–water partition coefficient (Wildman–Crippen LogP) is 3.57. The van der Waals surface area contributed by atoms with Crippen LogP contribution in [-0.2, 0) is 0 Å². The zero-order valence-corrected chi connectivity index (χ0v) is 15.0. The SMILES string of the molecule is CC(C)C[C@@H](c1cc([N+](=O)[O-])ccc1F)N1CCNCC1.Cl.Cl. The Kier molecular flexibility index (Phi) is 9.61. The number of non-ortho nitro benzene ring substituents is 1. The molecule has 0 amide bonds. The maximum Gasteiger partial charge on any atom is 0.269 e. The van der Waals surface area contributed by atoms with Crippen molar-refractivity contribution < 1.29 is 9.31 Å². The Morgan fingerprint density at radius 3 is 2.43 bits per heavy atom. The summed E-state index contributed by atoms with van der Waals surface area (Å²) in [6.45, 7) is 7.57. The molecule has 0 bridgehead atoms. The Hall–Kier alpha value is -0.950. The van der Waals surface area contributed by atoms with Crippen molar-refractivity contribution in [3.05, 3.63) is 39.7 Å². The van der Waals surface area contributed by atoms with Gasteiger partial charge in [-0.2, -0.15) is 0 Å². The summed E-state index contributed by atoms with van der Waals surface area (Å²) in [4.78, 5) is 12.7. The van der Waals surface area contributed by atoms with Crippen LogP contribution >= 0.6 is 24.8 Å². The molecule has 1 aliphatic rings. The van der Waals surface area contributed by atoms with Gasteiger partial charge in [0, 0.05) is 49.9 Å². The lowest BCUT2D eigenvalue weighted by atomic mass is 9.94. The van der Waals surface area contributed by atoms with E-state index in [9.17, 15) is 14.5 Å². The van der Waals surface area contributed by atoms with Crippen molar-refractivity contribution in [1.82, 2.24) is 10.2 Å². The first kappa shape index (κ1) is 22.1. The average molecular weight is 368 g/mol. The molecular formula is C15H24Cl2FN3O2. The molecule has 0 aliphatic carbocycles. The van der Waals surface area contributed by atoms with E-state index in [0.29, 0.717) is 11.5 Å². The van der Waals surface area contributed by atoms with E-state index in [4.69, 9.17) is 0 Å². The normalized spacial score (nSPS) is 16.3. The average Bonchev–Trinajstić information content (AvgIpc) is 2.46. The number of nitro groups is 1. The summed E-state index contributed by atoms with van der Waals surface area (Å²) in [5.74, 6) is 0.0355. The van der Waals surface area contributed by atoms with E-state index in [1.54, 1.807) is 0 Å². The number of halogens is 3.